The van der Waals surface area contributed by atoms with Crippen molar-refractivity contribution in [2.75, 3.05) is 32.8 Å². The van der Waals surface area contributed by atoms with Gasteiger partial charge in [0.25, 0.3) is 16.7 Å². The summed E-state index contributed by atoms with van der Waals surface area (Å²) >= 11 is 0. The van der Waals surface area contributed by atoms with Crippen LogP contribution in [0.25, 0.3) is 0 Å². The number of morpholine rings is 1. The topological polar surface area (TPSA) is 118 Å². The Balaban J connectivity index is 0.000000755. The maximum absolute atomic E-state index is 12.9. The third kappa shape index (κ3) is 4.81. The van der Waals surface area contributed by atoms with Crippen LogP contribution < -0.4 is 0 Å². The van der Waals surface area contributed by atoms with Crippen LogP contribution in [0.2, 0.25) is 0 Å². The lowest BCUT2D eigenvalue weighted by atomic mass is 10.1. The van der Waals surface area contributed by atoms with Gasteiger partial charge in [-0.3, -0.25) is 4.79 Å². The fourth-order valence-corrected chi connectivity index (χ4v) is 5.21. The van der Waals surface area contributed by atoms with E-state index in [1.165, 1.54) is 14.2 Å². The molecule has 3 heterocycles. The summed E-state index contributed by atoms with van der Waals surface area (Å²) in [7, 11) is -3.50. The van der Waals surface area contributed by atoms with Gasteiger partial charge in [0.05, 0.1) is 19.8 Å². The molecule has 0 saturated carbocycles. The second kappa shape index (κ2) is 9.44. The minimum Gasteiger partial charge on any atom is -0.483 e. The molecule has 0 spiro atoms. The van der Waals surface area contributed by atoms with Crippen molar-refractivity contribution in [3.05, 3.63) is 47.5 Å². The maximum Gasteiger partial charge on any atom is 0.290 e. The number of hydrogen-bond acceptors (Lipinski definition) is 6. The van der Waals surface area contributed by atoms with Gasteiger partial charge in [-0.05, 0) is 12.5 Å². The molecule has 4 rings (SSSR count). The second-order valence-corrected chi connectivity index (χ2v) is 8.76. The summed E-state index contributed by atoms with van der Waals surface area (Å²) in [5, 5.41) is 15.5. The van der Waals surface area contributed by atoms with Gasteiger partial charge >= 0.3 is 0 Å². The monoisotopic (exact) mass is 423 g/mol. The van der Waals surface area contributed by atoms with E-state index >= 15 is 0 Å². The van der Waals surface area contributed by atoms with Gasteiger partial charge in [-0.2, -0.15) is 17.0 Å². The smallest absolute Gasteiger partial charge is 0.290 e. The van der Waals surface area contributed by atoms with Gasteiger partial charge in [0.2, 0.25) is 0 Å². The Morgan fingerprint density at radius 1 is 1.17 bits per heavy atom. The molecule has 0 radical (unpaired) electrons. The van der Waals surface area contributed by atoms with Gasteiger partial charge < -0.3 is 14.4 Å². The number of benzene rings is 1. The molecule has 0 bridgehead atoms. The van der Waals surface area contributed by atoms with Crippen LogP contribution in [0.3, 0.4) is 0 Å². The Morgan fingerprint density at radius 2 is 1.83 bits per heavy atom. The van der Waals surface area contributed by atoms with Crippen molar-refractivity contribution in [2.24, 2.45) is 0 Å². The van der Waals surface area contributed by atoms with Crippen LogP contribution in [0, 0.1) is 0 Å². The van der Waals surface area contributed by atoms with E-state index in [1.807, 2.05) is 25.1 Å². The largest absolute Gasteiger partial charge is 0.483 e. The zero-order chi connectivity index (χ0) is 20.9. The second-order valence-electron chi connectivity index (χ2n) is 6.83. The van der Waals surface area contributed by atoms with Crippen molar-refractivity contribution in [3.63, 3.8) is 0 Å². The normalized spacial score (nSPS) is 20.4. The molecule has 1 fully saturated rings. The highest BCUT2D eigenvalue weighted by atomic mass is 32.2. The standard InChI is InChI=1S/C17H23N5O3S.CH2O2/c1-14-12-21(26(23,24)20-7-9-25-10-8-20)13-17-19-18-16(22(14)17)11-15-5-3-2-4-6-15;2-1-3/h2-6,14H,7-13H2,1H3;1H,(H,2,3)/t14-;/m0./s1. The van der Waals surface area contributed by atoms with Gasteiger partial charge in [0, 0.05) is 32.1 Å². The number of carbonyl (C=O) groups is 1. The number of rotatable bonds is 4. The number of carboxylic acid groups (broad SMARTS) is 1. The van der Waals surface area contributed by atoms with Crippen molar-refractivity contribution >= 4 is 16.7 Å². The average molecular weight is 423 g/mol. The van der Waals surface area contributed by atoms with E-state index < -0.39 is 10.2 Å². The van der Waals surface area contributed by atoms with Crippen molar-refractivity contribution in [1.82, 2.24) is 23.4 Å². The van der Waals surface area contributed by atoms with E-state index in [-0.39, 0.29) is 19.1 Å². The van der Waals surface area contributed by atoms with Crippen molar-refractivity contribution < 1.29 is 23.1 Å². The van der Waals surface area contributed by atoms with Crippen molar-refractivity contribution in [3.8, 4) is 0 Å². The zero-order valence-electron chi connectivity index (χ0n) is 16.2. The third-order valence-corrected chi connectivity index (χ3v) is 6.84. The van der Waals surface area contributed by atoms with Gasteiger partial charge in [-0.25, -0.2) is 0 Å². The van der Waals surface area contributed by atoms with E-state index in [9.17, 15) is 8.42 Å². The first kappa shape index (κ1) is 21.4. The lowest BCUT2D eigenvalue weighted by molar-refractivity contribution is -0.122. The van der Waals surface area contributed by atoms with E-state index in [4.69, 9.17) is 14.6 Å². The van der Waals surface area contributed by atoms with Crippen LogP contribution in [-0.4, -0.2) is 76.2 Å². The highest BCUT2D eigenvalue weighted by Crippen LogP contribution is 2.26. The molecule has 2 aromatic rings. The van der Waals surface area contributed by atoms with Gasteiger partial charge in [-0.1, -0.05) is 30.3 Å². The molecule has 10 nitrogen and oxygen atoms in total. The summed E-state index contributed by atoms with van der Waals surface area (Å²) < 4.78 is 36.2. The van der Waals surface area contributed by atoms with E-state index in [2.05, 4.69) is 26.9 Å². The lowest BCUT2D eigenvalue weighted by Crippen LogP contribution is -2.51. The molecule has 29 heavy (non-hydrogen) atoms. The Hall–Kier alpha value is -2.34. The Morgan fingerprint density at radius 3 is 2.48 bits per heavy atom. The lowest BCUT2D eigenvalue weighted by Gasteiger charge is -2.36. The summed E-state index contributed by atoms with van der Waals surface area (Å²) in [6.07, 6.45) is 0.689. The molecule has 0 aliphatic carbocycles. The number of ether oxygens (including phenoxy) is 1. The van der Waals surface area contributed by atoms with Crippen LogP contribution in [0.5, 0.6) is 0 Å². The average Bonchev–Trinajstić information content (AvgIpc) is 3.13. The molecule has 2 aliphatic rings. The Kier molecular flexibility index (Phi) is 6.96. The van der Waals surface area contributed by atoms with E-state index in [0.29, 0.717) is 45.1 Å². The van der Waals surface area contributed by atoms with Crippen LogP contribution in [-0.2, 0) is 32.7 Å². The van der Waals surface area contributed by atoms with Crippen LogP contribution in [0.4, 0.5) is 0 Å². The minimum atomic E-state index is -3.50. The molecule has 2 aliphatic heterocycles. The Bertz CT molecular complexity index is 912. The molecule has 158 valence electrons. The molecule has 1 saturated heterocycles. The first-order chi connectivity index (χ1) is 14.0. The summed E-state index contributed by atoms with van der Waals surface area (Å²) in [6.45, 7) is 4.14. The summed E-state index contributed by atoms with van der Waals surface area (Å²) in [5.74, 6) is 1.58. The molecule has 1 aromatic heterocycles. The number of aromatic nitrogens is 3. The molecule has 1 aromatic carbocycles. The Labute approximate surface area is 169 Å². The zero-order valence-corrected chi connectivity index (χ0v) is 17.0. The van der Waals surface area contributed by atoms with Crippen LogP contribution in [0.1, 0.15) is 30.2 Å². The third-order valence-electron chi connectivity index (χ3n) is 4.89. The highest BCUT2D eigenvalue weighted by Gasteiger charge is 2.37. The summed E-state index contributed by atoms with van der Waals surface area (Å²) in [6, 6.07) is 10.1. The summed E-state index contributed by atoms with van der Waals surface area (Å²) in [4.78, 5) is 8.36. The first-order valence-corrected chi connectivity index (χ1v) is 10.7. The predicted octanol–water partition coefficient (Wildman–Crippen LogP) is 0.523. The maximum atomic E-state index is 12.9. The molecule has 11 heteroatoms. The van der Waals surface area contributed by atoms with Crippen LogP contribution in [0.15, 0.2) is 30.3 Å². The van der Waals surface area contributed by atoms with Gasteiger partial charge in [-0.15, -0.1) is 10.2 Å². The van der Waals surface area contributed by atoms with Gasteiger partial charge in [0.1, 0.15) is 11.6 Å². The van der Waals surface area contributed by atoms with Crippen LogP contribution >= 0.6 is 0 Å². The number of fused-ring (bicyclic) bond motifs is 1. The van der Waals surface area contributed by atoms with E-state index in [1.54, 1.807) is 0 Å². The number of nitrogens with zero attached hydrogens (tertiary/aromatic N) is 5. The van der Waals surface area contributed by atoms with Crippen molar-refractivity contribution in [1.29, 1.82) is 0 Å². The first-order valence-electron chi connectivity index (χ1n) is 9.34. The number of hydrogen-bond donors (Lipinski definition) is 1. The molecule has 0 amide bonds. The molecule has 0 unspecified atom stereocenters. The molecule has 1 N–H and O–H groups in total. The van der Waals surface area contributed by atoms with E-state index in [0.717, 1.165) is 5.82 Å². The quantitative estimate of drug-likeness (QED) is 0.713. The fourth-order valence-electron chi connectivity index (χ4n) is 3.59. The fraction of sp³-hybridized carbons (Fsp3) is 0.500. The molecular weight excluding hydrogens is 398 g/mol. The minimum absolute atomic E-state index is 0.0109. The predicted molar refractivity (Wildman–Crippen MR) is 104 cm³/mol. The molecular formula is C18H25N5O5S. The summed E-state index contributed by atoms with van der Waals surface area (Å²) in [5.41, 5.74) is 1.17. The van der Waals surface area contributed by atoms with Crippen molar-refractivity contribution in [2.45, 2.75) is 25.9 Å². The highest BCUT2D eigenvalue weighted by molar-refractivity contribution is 7.86. The molecule has 1 atom stereocenters. The van der Waals surface area contributed by atoms with Gasteiger partial charge in [0.15, 0.2) is 0 Å². The SMILES string of the molecule is C[C@H]1CN(S(=O)(=O)N2CCOCC2)Cc2nnc(Cc3ccccc3)n21.O=CO.